The van der Waals surface area contributed by atoms with Gasteiger partial charge in [0.1, 0.15) is 10.6 Å². The molecule has 0 amide bonds. The van der Waals surface area contributed by atoms with Gasteiger partial charge in [0.15, 0.2) is 9.84 Å². The molecule has 0 saturated carbocycles. The van der Waals surface area contributed by atoms with Crippen LogP contribution >= 0.6 is 15.9 Å². The average Bonchev–Trinajstić information content (AvgIpc) is 2.61. The molecule has 2 aromatic rings. The van der Waals surface area contributed by atoms with Crippen molar-refractivity contribution in [1.82, 2.24) is 0 Å². The summed E-state index contributed by atoms with van der Waals surface area (Å²) in [6.07, 6.45) is 1.01. The molecule has 0 bridgehead atoms. The van der Waals surface area contributed by atoms with E-state index in [1.807, 2.05) is 0 Å². The van der Waals surface area contributed by atoms with E-state index in [1.54, 1.807) is 0 Å². The number of hydrogen-bond donors (Lipinski definition) is 1. The van der Waals surface area contributed by atoms with Gasteiger partial charge in [-0.05, 0) is 52.3 Å². The summed E-state index contributed by atoms with van der Waals surface area (Å²) in [5.41, 5.74) is 0.0334. The Morgan fingerprint density at radius 3 is 2.26 bits per heavy atom. The monoisotopic (exact) mass is 477 g/mol. The summed E-state index contributed by atoms with van der Waals surface area (Å²) in [5, 5.41) is 0. The summed E-state index contributed by atoms with van der Waals surface area (Å²) in [7, 11) is -5.29. The maximum atomic E-state index is 12.8. The largest absolute Gasteiger partial charge is 0.495 e. The fraction of sp³-hybridized carbons (Fsp3) is 0.188. The van der Waals surface area contributed by atoms with E-state index in [4.69, 9.17) is 4.74 Å². The molecule has 0 heterocycles. The van der Waals surface area contributed by atoms with E-state index in [1.165, 1.54) is 44.6 Å². The van der Waals surface area contributed by atoms with Crippen LogP contribution in [0.2, 0.25) is 0 Å². The molecule has 0 radical (unpaired) electrons. The van der Waals surface area contributed by atoms with Crippen LogP contribution in [0.1, 0.15) is 10.4 Å². The van der Waals surface area contributed by atoms with Gasteiger partial charge in [0, 0.05) is 10.7 Å². The van der Waals surface area contributed by atoms with Crippen molar-refractivity contribution in [3.63, 3.8) is 0 Å². The number of benzene rings is 2. The fourth-order valence-corrected chi connectivity index (χ4v) is 4.54. The highest BCUT2D eigenvalue weighted by molar-refractivity contribution is 9.10. The average molecular weight is 478 g/mol. The standard InChI is InChI=1S/C16H16BrNO7S2/c1-24-14-7-4-10(16(19)25-2)8-15(14)27(22,23)18-13-9-11(26(3,20)21)5-6-12(13)17/h4-9,18H,1-3H3. The summed E-state index contributed by atoms with van der Waals surface area (Å²) in [4.78, 5) is 11.3. The number of sulfone groups is 1. The number of ether oxygens (including phenoxy) is 2. The molecule has 0 saturated heterocycles. The Morgan fingerprint density at radius 2 is 1.70 bits per heavy atom. The first kappa shape index (κ1) is 21.2. The zero-order chi connectivity index (χ0) is 20.4. The van der Waals surface area contributed by atoms with Gasteiger partial charge in [-0.3, -0.25) is 4.72 Å². The number of hydrogen-bond acceptors (Lipinski definition) is 7. The second kappa shape index (κ2) is 7.87. The van der Waals surface area contributed by atoms with E-state index in [-0.39, 0.29) is 26.8 Å². The molecule has 0 unspecified atom stereocenters. The zero-order valence-corrected chi connectivity index (χ0v) is 17.7. The van der Waals surface area contributed by atoms with Crippen LogP contribution < -0.4 is 9.46 Å². The summed E-state index contributed by atoms with van der Waals surface area (Å²) in [6.45, 7) is 0. The smallest absolute Gasteiger partial charge is 0.337 e. The lowest BCUT2D eigenvalue weighted by molar-refractivity contribution is 0.0600. The van der Waals surface area contributed by atoms with E-state index < -0.39 is 25.8 Å². The highest BCUT2D eigenvalue weighted by Crippen LogP contribution is 2.31. The number of anilines is 1. The quantitative estimate of drug-likeness (QED) is 0.634. The Balaban J connectivity index is 2.56. The first-order valence-corrected chi connectivity index (χ1v) is 11.4. The molecule has 0 fully saturated rings. The van der Waals surface area contributed by atoms with Crippen molar-refractivity contribution in [1.29, 1.82) is 0 Å². The van der Waals surface area contributed by atoms with Crippen LogP contribution in [-0.4, -0.2) is 43.3 Å². The minimum Gasteiger partial charge on any atom is -0.495 e. The highest BCUT2D eigenvalue weighted by Gasteiger charge is 2.23. The molecule has 0 aliphatic carbocycles. The highest BCUT2D eigenvalue weighted by atomic mass is 79.9. The molecule has 0 atom stereocenters. The van der Waals surface area contributed by atoms with Crippen LogP contribution in [0, 0.1) is 0 Å². The number of carbonyl (C=O) groups is 1. The Labute approximate surface area is 165 Å². The van der Waals surface area contributed by atoms with Crippen molar-refractivity contribution in [2.75, 3.05) is 25.2 Å². The summed E-state index contributed by atoms with van der Waals surface area (Å²) < 4.78 is 61.4. The van der Waals surface area contributed by atoms with Crippen LogP contribution in [0.3, 0.4) is 0 Å². The number of nitrogens with one attached hydrogen (secondary N) is 1. The van der Waals surface area contributed by atoms with Gasteiger partial charge in [0.25, 0.3) is 10.0 Å². The molecular formula is C16H16BrNO7S2. The third-order valence-corrected chi connectivity index (χ3v) is 6.67. The van der Waals surface area contributed by atoms with Crippen LogP contribution in [0.5, 0.6) is 5.75 Å². The number of carbonyl (C=O) groups excluding carboxylic acids is 1. The number of sulfonamides is 1. The van der Waals surface area contributed by atoms with Gasteiger partial charge < -0.3 is 9.47 Å². The predicted molar refractivity (Wildman–Crippen MR) is 102 cm³/mol. The molecule has 0 aliphatic heterocycles. The second-order valence-corrected chi connectivity index (χ2v) is 9.90. The van der Waals surface area contributed by atoms with E-state index in [9.17, 15) is 21.6 Å². The third-order valence-electron chi connectivity index (χ3n) is 3.48. The lowest BCUT2D eigenvalue weighted by Gasteiger charge is -2.14. The summed E-state index contributed by atoms with van der Waals surface area (Å²) >= 11 is 3.18. The van der Waals surface area contributed by atoms with Gasteiger partial charge in [-0.2, -0.15) is 0 Å². The minimum atomic E-state index is -4.21. The summed E-state index contributed by atoms with van der Waals surface area (Å²) in [6, 6.07) is 7.74. The van der Waals surface area contributed by atoms with Crippen molar-refractivity contribution >= 4 is 47.4 Å². The number of rotatable bonds is 6. The number of methoxy groups -OCH3 is 2. The van der Waals surface area contributed by atoms with E-state index in [0.717, 1.165) is 12.3 Å². The molecule has 0 aromatic heterocycles. The molecular weight excluding hydrogens is 462 g/mol. The van der Waals surface area contributed by atoms with Gasteiger partial charge >= 0.3 is 5.97 Å². The van der Waals surface area contributed by atoms with E-state index in [0.29, 0.717) is 4.47 Å². The van der Waals surface area contributed by atoms with Crippen LogP contribution in [0.15, 0.2) is 50.7 Å². The molecule has 1 N–H and O–H groups in total. The van der Waals surface area contributed by atoms with Crippen molar-refractivity contribution in [3.8, 4) is 5.75 Å². The Kier molecular flexibility index (Phi) is 6.17. The molecule has 8 nitrogen and oxygen atoms in total. The van der Waals surface area contributed by atoms with Crippen LogP contribution in [-0.2, 0) is 24.6 Å². The lowest BCUT2D eigenvalue weighted by atomic mass is 10.2. The molecule has 0 aliphatic rings. The Morgan fingerprint density at radius 1 is 1.04 bits per heavy atom. The summed E-state index contributed by atoms with van der Waals surface area (Å²) in [5.74, 6) is -0.708. The van der Waals surface area contributed by atoms with Gasteiger partial charge in [-0.1, -0.05) is 0 Å². The van der Waals surface area contributed by atoms with Crippen LogP contribution in [0.4, 0.5) is 5.69 Å². The molecule has 0 spiro atoms. The van der Waals surface area contributed by atoms with Crippen molar-refractivity contribution in [2.24, 2.45) is 0 Å². The number of halogens is 1. The Hall–Kier alpha value is -2.11. The topological polar surface area (TPSA) is 116 Å². The van der Waals surface area contributed by atoms with Crippen molar-refractivity contribution in [3.05, 3.63) is 46.4 Å². The van der Waals surface area contributed by atoms with Crippen molar-refractivity contribution in [2.45, 2.75) is 9.79 Å². The SMILES string of the molecule is COC(=O)c1ccc(OC)c(S(=O)(=O)Nc2cc(S(C)(=O)=O)ccc2Br)c1. The van der Waals surface area contributed by atoms with E-state index in [2.05, 4.69) is 25.4 Å². The maximum absolute atomic E-state index is 12.8. The minimum absolute atomic E-state index is 0.00513. The Bertz CT molecular complexity index is 1100. The molecule has 2 aromatic carbocycles. The van der Waals surface area contributed by atoms with Gasteiger partial charge in [-0.25, -0.2) is 21.6 Å². The van der Waals surface area contributed by atoms with Gasteiger partial charge in [-0.15, -0.1) is 0 Å². The fourth-order valence-electron chi connectivity index (χ4n) is 2.14. The first-order chi connectivity index (χ1) is 12.5. The lowest BCUT2D eigenvalue weighted by Crippen LogP contribution is -2.16. The molecule has 146 valence electrons. The molecule has 11 heteroatoms. The maximum Gasteiger partial charge on any atom is 0.337 e. The normalized spacial score (nSPS) is 11.7. The predicted octanol–water partition coefficient (Wildman–Crippen LogP) is 2.45. The third kappa shape index (κ3) is 4.79. The van der Waals surface area contributed by atoms with Crippen molar-refractivity contribution < 1.29 is 31.1 Å². The van der Waals surface area contributed by atoms with Crippen LogP contribution in [0.25, 0.3) is 0 Å². The number of esters is 1. The van der Waals surface area contributed by atoms with E-state index >= 15 is 0 Å². The second-order valence-electron chi connectivity index (χ2n) is 5.38. The van der Waals surface area contributed by atoms with Gasteiger partial charge in [0.2, 0.25) is 0 Å². The molecule has 27 heavy (non-hydrogen) atoms. The van der Waals surface area contributed by atoms with Gasteiger partial charge in [0.05, 0.1) is 30.4 Å². The zero-order valence-electron chi connectivity index (χ0n) is 14.5. The molecule has 2 rings (SSSR count). The first-order valence-electron chi connectivity index (χ1n) is 7.28.